The lowest BCUT2D eigenvalue weighted by atomic mass is 9.82. The fourth-order valence-electron chi connectivity index (χ4n) is 7.60. The van der Waals surface area contributed by atoms with Gasteiger partial charge < -0.3 is 4.90 Å². The summed E-state index contributed by atoms with van der Waals surface area (Å²) in [7, 11) is 0. The molecule has 228 valence electrons. The molecule has 0 heterocycles. The lowest BCUT2D eigenvalue weighted by molar-refractivity contribution is 0.660. The van der Waals surface area contributed by atoms with E-state index in [9.17, 15) is 2.74 Å². The Hall–Kier alpha value is -5.92. The van der Waals surface area contributed by atoms with E-state index in [1.165, 1.54) is 22.3 Å². The van der Waals surface area contributed by atoms with Crippen molar-refractivity contribution in [2.24, 2.45) is 0 Å². The molecule has 0 atom stereocenters. The topological polar surface area (TPSA) is 3.24 Å². The number of hydrogen-bond acceptors (Lipinski definition) is 1. The van der Waals surface area contributed by atoms with Crippen molar-refractivity contribution in [1.29, 1.82) is 0 Å². The van der Waals surface area contributed by atoms with E-state index in [1.807, 2.05) is 36.4 Å². The summed E-state index contributed by atoms with van der Waals surface area (Å²) >= 11 is 0. The first-order chi connectivity index (χ1) is 24.4. The molecular weight excluding hydrogens is 579 g/mol. The van der Waals surface area contributed by atoms with Gasteiger partial charge in [-0.3, -0.25) is 0 Å². The maximum Gasteiger partial charge on any atom is 0.0629 e. The second-order valence-corrected chi connectivity index (χ2v) is 13.3. The highest BCUT2D eigenvalue weighted by Crippen LogP contribution is 2.50. The summed E-state index contributed by atoms with van der Waals surface area (Å²) in [6, 6.07) is 57.8. The summed E-state index contributed by atoms with van der Waals surface area (Å²) in [6.45, 7) is 4.64. The Morgan fingerprint density at radius 2 is 1.10 bits per heavy atom. The van der Waals surface area contributed by atoms with Gasteiger partial charge >= 0.3 is 0 Å². The largest absolute Gasteiger partial charge is 0.310 e. The molecule has 0 aromatic heterocycles. The van der Waals surface area contributed by atoms with Crippen LogP contribution in [0.3, 0.4) is 0 Å². The van der Waals surface area contributed by atoms with Crippen molar-refractivity contribution in [3.05, 3.63) is 186 Å². The molecule has 0 amide bonds. The zero-order valence-corrected chi connectivity index (χ0v) is 27.0. The molecule has 0 radical (unpaired) electrons. The number of para-hydroxylation sites is 1. The highest BCUT2D eigenvalue weighted by molar-refractivity contribution is 6.11. The molecule has 8 aromatic rings. The molecule has 1 heteroatoms. The Labute approximate surface area is 284 Å². The minimum atomic E-state index is -0.0958. The van der Waals surface area contributed by atoms with Gasteiger partial charge in [-0.05, 0) is 114 Å². The lowest BCUT2D eigenvalue weighted by Gasteiger charge is -2.28. The Bertz CT molecular complexity index is 2650. The van der Waals surface area contributed by atoms with Gasteiger partial charge in [0.15, 0.2) is 0 Å². The minimum Gasteiger partial charge on any atom is -0.310 e. The van der Waals surface area contributed by atoms with E-state index < -0.39 is 0 Å². The van der Waals surface area contributed by atoms with Gasteiger partial charge in [0, 0.05) is 22.5 Å². The SMILES string of the molecule is [2H]/C(=C(/[2H])c1cc2ccccc2c2ccccc12)c1ccc2cc(N(c3ccccc3)c3ccc4c(c3)C(C)(C)c3ccccc3-4)ccc2c1. The first-order valence-corrected chi connectivity index (χ1v) is 16.6. The van der Waals surface area contributed by atoms with Crippen molar-refractivity contribution in [3.8, 4) is 11.1 Å². The molecule has 0 fully saturated rings. The molecule has 48 heavy (non-hydrogen) atoms. The van der Waals surface area contributed by atoms with Crippen molar-refractivity contribution >= 4 is 61.5 Å². The predicted molar refractivity (Wildman–Crippen MR) is 207 cm³/mol. The third-order valence-corrected chi connectivity index (χ3v) is 10.0. The van der Waals surface area contributed by atoms with Crippen LogP contribution in [0.1, 0.15) is 38.8 Å². The van der Waals surface area contributed by atoms with Gasteiger partial charge in [0.05, 0.1) is 2.74 Å². The van der Waals surface area contributed by atoms with Crippen molar-refractivity contribution in [3.63, 3.8) is 0 Å². The van der Waals surface area contributed by atoms with Crippen molar-refractivity contribution in [2.75, 3.05) is 4.90 Å². The molecule has 0 bridgehead atoms. The fraction of sp³-hybridized carbons (Fsp3) is 0.0638. The van der Waals surface area contributed by atoms with Crippen LogP contribution in [0.2, 0.25) is 0 Å². The van der Waals surface area contributed by atoms with Crippen LogP contribution in [0, 0.1) is 0 Å². The van der Waals surface area contributed by atoms with Crippen LogP contribution >= 0.6 is 0 Å². The monoisotopic (exact) mass is 615 g/mol. The van der Waals surface area contributed by atoms with Crippen LogP contribution in [0.25, 0.3) is 55.5 Å². The molecule has 0 N–H and O–H groups in total. The van der Waals surface area contributed by atoms with Gasteiger partial charge in [0.2, 0.25) is 0 Å². The van der Waals surface area contributed by atoms with E-state index in [2.05, 4.69) is 146 Å². The van der Waals surface area contributed by atoms with E-state index in [-0.39, 0.29) is 17.5 Å². The number of hydrogen-bond donors (Lipinski definition) is 0. The number of fused-ring (bicyclic) bond motifs is 7. The van der Waals surface area contributed by atoms with E-state index >= 15 is 0 Å². The smallest absolute Gasteiger partial charge is 0.0629 e. The standard InChI is InChI=1S/C47H35N/c1-47(2)45-19-11-10-18-43(45)44-27-26-39(31-46(44)47)48(37-13-4-3-5-14-37)38-25-24-33-28-32(20-22-34(33)30-38)21-23-36-29-35-12-6-7-15-40(35)42-17-9-8-16-41(36)42/h3-31H,1-2H3/b23-21+/i21D,23D. The summed E-state index contributed by atoms with van der Waals surface area (Å²) < 4.78 is 18.4. The zero-order chi connectivity index (χ0) is 34.0. The average Bonchev–Trinajstić information content (AvgIpc) is 3.39. The van der Waals surface area contributed by atoms with Crippen LogP contribution in [0.15, 0.2) is 164 Å². The van der Waals surface area contributed by atoms with Crippen LogP contribution in [-0.2, 0) is 5.41 Å². The normalized spacial score (nSPS) is 14.3. The second kappa shape index (κ2) is 11.1. The van der Waals surface area contributed by atoms with Crippen molar-refractivity contribution < 1.29 is 2.74 Å². The summed E-state index contributed by atoms with van der Waals surface area (Å²) in [5, 5.41) is 6.44. The molecule has 0 spiro atoms. The van der Waals surface area contributed by atoms with Gasteiger partial charge in [-0.25, -0.2) is 0 Å². The minimum absolute atomic E-state index is 0.0958. The molecule has 9 rings (SSSR count). The van der Waals surface area contributed by atoms with Crippen molar-refractivity contribution in [1.82, 2.24) is 0 Å². The number of benzene rings is 8. The van der Waals surface area contributed by atoms with E-state index in [0.717, 1.165) is 60.5 Å². The third-order valence-electron chi connectivity index (χ3n) is 10.0. The highest BCUT2D eigenvalue weighted by Gasteiger charge is 2.35. The highest BCUT2D eigenvalue weighted by atomic mass is 15.1. The number of nitrogens with zero attached hydrogens (tertiary/aromatic N) is 1. The van der Waals surface area contributed by atoms with Crippen LogP contribution in [0.5, 0.6) is 0 Å². The number of rotatable bonds is 5. The predicted octanol–water partition coefficient (Wildman–Crippen LogP) is 13.1. The zero-order valence-electron chi connectivity index (χ0n) is 29.0. The van der Waals surface area contributed by atoms with Gasteiger partial charge in [-0.1, -0.05) is 141 Å². The van der Waals surface area contributed by atoms with Crippen molar-refractivity contribution in [2.45, 2.75) is 19.3 Å². The molecule has 8 aromatic carbocycles. The van der Waals surface area contributed by atoms with Gasteiger partial charge in [0.25, 0.3) is 0 Å². The molecule has 0 aliphatic heterocycles. The Morgan fingerprint density at radius 1 is 0.458 bits per heavy atom. The van der Waals surface area contributed by atoms with Gasteiger partial charge in [-0.2, -0.15) is 0 Å². The van der Waals surface area contributed by atoms with E-state index in [1.54, 1.807) is 0 Å². The van der Waals surface area contributed by atoms with E-state index in [0.29, 0.717) is 0 Å². The van der Waals surface area contributed by atoms with E-state index in [4.69, 9.17) is 0 Å². The third kappa shape index (κ3) is 4.62. The lowest BCUT2D eigenvalue weighted by Crippen LogP contribution is -2.16. The van der Waals surface area contributed by atoms with Crippen LogP contribution < -0.4 is 4.90 Å². The molecule has 1 nitrogen and oxygen atoms in total. The molecule has 0 saturated carbocycles. The Balaban J connectivity index is 1.13. The molecular formula is C47H35N. The second-order valence-electron chi connectivity index (χ2n) is 13.3. The van der Waals surface area contributed by atoms with Crippen LogP contribution in [-0.4, -0.2) is 0 Å². The summed E-state index contributed by atoms with van der Waals surface area (Å²) in [4.78, 5) is 2.33. The summed E-state index contributed by atoms with van der Waals surface area (Å²) in [6.07, 6.45) is 0. The maximum absolute atomic E-state index is 9.21. The van der Waals surface area contributed by atoms with Crippen LogP contribution in [0.4, 0.5) is 17.1 Å². The molecule has 0 unspecified atom stereocenters. The van der Waals surface area contributed by atoms with Gasteiger partial charge in [0.1, 0.15) is 0 Å². The summed E-state index contributed by atoms with van der Waals surface area (Å²) in [5.74, 6) is 0. The maximum atomic E-state index is 9.21. The Morgan fingerprint density at radius 3 is 1.98 bits per heavy atom. The Kier molecular flexibility index (Phi) is 6.06. The first kappa shape index (κ1) is 26.2. The quantitative estimate of drug-likeness (QED) is 0.138. The fourth-order valence-corrected chi connectivity index (χ4v) is 7.60. The molecule has 1 aliphatic carbocycles. The average molecular weight is 616 g/mol. The first-order valence-electron chi connectivity index (χ1n) is 17.6. The molecule has 0 saturated heterocycles. The molecule has 1 aliphatic rings. The number of anilines is 3. The summed E-state index contributed by atoms with van der Waals surface area (Å²) in [5.41, 5.74) is 10.0. The van der Waals surface area contributed by atoms with Gasteiger partial charge in [-0.15, -0.1) is 0 Å².